The van der Waals surface area contributed by atoms with E-state index in [1.54, 1.807) is 6.92 Å². The van der Waals surface area contributed by atoms with Gasteiger partial charge in [0, 0.05) is 26.3 Å². The molecule has 0 fully saturated rings. The fourth-order valence-electron chi connectivity index (χ4n) is 2.44. The van der Waals surface area contributed by atoms with E-state index >= 15 is 0 Å². The zero-order chi connectivity index (χ0) is 18.5. The van der Waals surface area contributed by atoms with Crippen molar-refractivity contribution in [1.29, 1.82) is 0 Å². The Morgan fingerprint density at radius 3 is 2.29 bits per heavy atom. The largest absolute Gasteiger partial charge is 0.481 e. The number of carbonyl (C=O) groups excluding carboxylic acids is 2. The fraction of sp³-hybridized carbons (Fsp3) is 0.824. The van der Waals surface area contributed by atoms with Crippen molar-refractivity contribution in [2.24, 2.45) is 11.8 Å². The molecule has 2 atom stereocenters. The third kappa shape index (κ3) is 12.7. The maximum absolute atomic E-state index is 11.6. The molecule has 0 radical (unpaired) electrons. The highest BCUT2D eigenvalue weighted by Crippen LogP contribution is 2.22. The number of nitrogens with one attached hydrogen (secondary N) is 1. The molecule has 0 aromatic carbocycles. The molecule has 7 nitrogen and oxygen atoms in total. The predicted octanol–water partition coefficient (Wildman–Crippen LogP) is 3.32. The number of carboxylic acids is 1. The molecule has 0 saturated carbocycles. The lowest BCUT2D eigenvalue weighted by Crippen LogP contribution is -2.30. The molecule has 0 aromatic rings. The van der Waals surface area contributed by atoms with Crippen molar-refractivity contribution in [2.75, 3.05) is 6.54 Å². The number of hydrogen-bond acceptors (Lipinski definition) is 5. The molecule has 24 heavy (non-hydrogen) atoms. The smallest absolute Gasteiger partial charge is 0.410 e. The molecule has 0 saturated heterocycles. The lowest BCUT2D eigenvalue weighted by atomic mass is 9.89. The van der Waals surface area contributed by atoms with Gasteiger partial charge in [-0.05, 0) is 37.5 Å². The van der Waals surface area contributed by atoms with Crippen molar-refractivity contribution in [1.82, 2.24) is 5.32 Å². The van der Waals surface area contributed by atoms with E-state index in [1.807, 2.05) is 0 Å². The highest BCUT2D eigenvalue weighted by atomic mass is 16.7. The number of amides is 1. The highest BCUT2D eigenvalue weighted by molar-refractivity contribution is 5.70. The first-order chi connectivity index (χ1) is 11.2. The maximum atomic E-state index is 11.6. The maximum Gasteiger partial charge on any atom is 0.410 e. The number of esters is 1. The summed E-state index contributed by atoms with van der Waals surface area (Å²) in [6.45, 7) is 7.81. The van der Waals surface area contributed by atoms with E-state index < -0.39 is 24.3 Å². The quantitative estimate of drug-likeness (QED) is 0.319. The predicted molar refractivity (Wildman–Crippen MR) is 89.4 cm³/mol. The number of ether oxygens (including phenoxy) is 2. The Morgan fingerprint density at radius 2 is 1.75 bits per heavy atom. The summed E-state index contributed by atoms with van der Waals surface area (Å²) in [4.78, 5) is 33.3. The van der Waals surface area contributed by atoms with Gasteiger partial charge in [0.2, 0.25) is 6.29 Å². The minimum absolute atomic E-state index is 0.174. The molecule has 140 valence electrons. The van der Waals surface area contributed by atoms with Crippen molar-refractivity contribution < 1.29 is 29.0 Å². The lowest BCUT2D eigenvalue weighted by Gasteiger charge is -2.18. The normalized spacial score (nSPS) is 13.2. The molecule has 0 unspecified atom stereocenters. The lowest BCUT2D eigenvalue weighted by molar-refractivity contribution is -0.164. The third-order valence-electron chi connectivity index (χ3n) is 3.49. The van der Waals surface area contributed by atoms with Crippen molar-refractivity contribution >= 4 is 18.0 Å². The van der Waals surface area contributed by atoms with Crippen LogP contribution in [-0.2, 0) is 19.1 Å². The average molecular weight is 345 g/mol. The number of aliphatic carboxylic acids is 1. The van der Waals surface area contributed by atoms with Gasteiger partial charge in [-0.3, -0.25) is 9.59 Å². The van der Waals surface area contributed by atoms with Gasteiger partial charge >= 0.3 is 18.0 Å². The van der Waals surface area contributed by atoms with E-state index in [4.69, 9.17) is 14.6 Å². The van der Waals surface area contributed by atoms with E-state index in [9.17, 15) is 14.4 Å². The van der Waals surface area contributed by atoms with Gasteiger partial charge in [-0.1, -0.05) is 20.8 Å². The summed E-state index contributed by atoms with van der Waals surface area (Å²) in [5.74, 6) is -0.356. The first kappa shape index (κ1) is 22.2. The first-order valence-corrected chi connectivity index (χ1v) is 8.60. The van der Waals surface area contributed by atoms with Crippen LogP contribution in [0.15, 0.2) is 0 Å². The Morgan fingerprint density at radius 1 is 1.08 bits per heavy atom. The van der Waals surface area contributed by atoms with Crippen LogP contribution in [-0.4, -0.2) is 36.0 Å². The summed E-state index contributed by atoms with van der Waals surface area (Å²) in [5, 5.41) is 11.4. The number of rotatable bonds is 12. The van der Waals surface area contributed by atoms with E-state index in [1.165, 1.54) is 6.92 Å². The first-order valence-electron chi connectivity index (χ1n) is 8.60. The number of carboxylic acid groups (broad SMARTS) is 1. The summed E-state index contributed by atoms with van der Waals surface area (Å²) in [7, 11) is 0. The molecular formula is C17H31NO6. The highest BCUT2D eigenvalue weighted by Gasteiger charge is 2.14. The number of carbonyl (C=O) groups is 3. The fourth-order valence-corrected chi connectivity index (χ4v) is 2.44. The van der Waals surface area contributed by atoms with Gasteiger partial charge in [0.1, 0.15) is 0 Å². The van der Waals surface area contributed by atoms with E-state index in [2.05, 4.69) is 19.2 Å². The molecule has 7 heteroatoms. The van der Waals surface area contributed by atoms with Gasteiger partial charge in [0.15, 0.2) is 0 Å². The van der Waals surface area contributed by atoms with Crippen molar-refractivity contribution in [3.63, 3.8) is 0 Å². The number of hydrogen-bond donors (Lipinski definition) is 2. The van der Waals surface area contributed by atoms with Crippen LogP contribution in [0.3, 0.4) is 0 Å². The summed E-state index contributed by atoms with van der Waals surface area (Å²) >= 11 is 0. The Hall–Kier alpha value is -1.79. The molecule has 2 N–H and O–H groups in total. The molecular weight excluding hydrogens is 314 g/mol. The van der Waals surface area contributed by atoms with Gasteiger partial charge in [0.25, 0.3) is 0 Å². The molecule has 0 heterocycles. The zero-order valence-electron chi connectivity index (χ0n) is 15.2. The van der Waals surface area contributed by atoms with Crippen LogP contribution in [0.5, 0.6) is 0 Å². The summed E-state index contributed by atoms with van der Waals surface area (Å²) < 4.78 is 9.74. The third-order valence-corrected chi connectivity index (χ3v) is 3.49. The van der Waals surface area contributed by atoms with Crippen LogP contribution < -0.4 is 5.32 Å². The monoisotopic (exact) mass is 345 g/mol. The van der Waals surface area contributed by atoms with Crippen LogP contribution in [0.25, 0.3) is 0 Å². The molecule has 0 aliphatic carbocycles. The molecule has 0 rings (SSSR count). The van der Waals surface area contributed by atoms with Crippen LogP contribution in [0.1, 0.15) is 66.2 Å². The van der Waals surface area contributed by atoms with Crippen LogP contribution in [0.4, 0.5) is 4.79 Å². The summed E-state index contributed by atoms with van der Waals surface area (Å²) in [5.41, 5.74) is 0. The van der Waals surface area contributed by atoms with Crippen LogP contribution >= 0.6 is 0 Å². The van der Waals surface area contributed by atoms with E-state index in [-0.39, 0.29) is 12.8 Å². The van der Waals surface area contributed by atoms with Gasteiger partial charge in [-0.25, -0.2) is 4.79 Å². The minimum atomic E-state index is -0.915. The minimum Gasteiger partial charge on any atom is -0.481 e. The summed E-state index contributed by atoms with van der Waals surface area (Å²) in [6, 6.07) is 0. The molecule has 0 aromatic heterocycles. The Bertz CT molecular complexity index is 397. The molecule has 0 spiro atoms. The second kappa shape index (κ2) is 12.6. The van der Waals surface area contributed by atoms with E-state index in [0.29, 0.717) is 24.8 Å². The Balaban J connectivity index is 3.98. The second-order valence-corrected chi connectivity index (χ2v) is 6.31. The van der Waals surface area contributed by atoms with Gasteiger partial charge in [-0.15, -0.1) is 0 Å². The molecule has 0 aliphatic heterocycles. The van der Waals surface area contributed by atoms with Gasteiger partial charge in [-0.2, -0.15) is 0 Å². The summed E-state index contributed by atoms with van der Waals surface area (Å²) in [6.07, 6.45) is 2.08. The van der Waals surface area contributed by atoms with Crippen LogP contribution in [0, 0.1) is 11.8 Å². The topological polar surface area (TPSA) is 102 Å². The second-order valence-electron chi connectivity index (χ2n) is 6.31. The zero-order valence-corrected chi connectivity index (χ0v) is 15.2. The molecule has 0 bridgehead atoms. The Kier molecular flexibility index (Phi) is 11.7. The molecule has 0 aliphatic rings. The van der Waals surface area contributed by atoms with Crippen molar-refractivity contribution in [3.8, 4) is 0 Å². The number of alkyl carbamates (subject to hydrolysis) is 1. The Labute approximate surface area is 144 Å². The van der Waals surface area contributed by atoms with E-state index in [0.717, 1.165) is 19.3 Å². The van der Waals surface area contributed by atoms with Crippen LogP contribution in [0.2, 0.25) is 0 Å². The van der Waals surface area contributed by atoms with Gasteiger partial charge in [0.05, 0.1) is 0 Å². The molecule has 1 amide bonds. The van der Waals surface area contributed by atoms with Crippen molar-refractivity contribution in [3.05, 3.63) is 0 Å². The average Bonchev–Trinajstić information content (AvgIpc) is 2.47. The standard InChI is InChI=1S/C17H31NO6/c1-5-16(21)23-13(4)24-17(22)18-10-6-7-14(11-12(2)3)8-9-15(19)20/h12-14H,5-11H2,1-4H3,(H,18,22)(H,19,20)/t13-,14-/m1/s1. The van der Waals surface area contributed by atoms with Crippen molar-refractivity contribution in [2.45, 2.75) is 72.5 Å². The SMILES string of the molecule is CCC(=O)O[C@@H](C)OC(=O)NCCC[C@H](CCC(=O)O)CC(C)C. The van der Waals surface area contributed by atoms with Gasteiger partial charge < -0.3 is 19.9 Å².